The van der Waals surface area contributed by atoms with Crippen molar-refractivity contribution >= 4 is 34.4 Å². The topological polar surface area (TPSA) is 87.7 Å². The summed E-state index contributed by atoms with van der Waals surface area (Å²) in [5, 5.41) is 7.94. The van der Waals surface area contributed by atoms with Crippen molar-refractivity contribution in [2.75, 3.05) is 5.32 Å². The molecule has 41 heavy (non-hydrogen) atoms. The van der Waals surface area contributed by atoms with Crippen molar-refractivity contribution in [2.24, 2.45) is 5.92 Å². The van der Waals surface area contributed by atoms with Gasteiger partial charge in [-0.2, -0.15) is 0 Å². The third kappa shape index (κ3) is 7.87. The van der Waals surface area contributed by atoms with Crippen molar-refractivity contribution < 1.29 is 19.1 Å². The van der Waals surface area contributed by atoms with Gasteiger partial charge in [0.2, 0.25) is 5.91 Å². The van der Waals surface area contributed by atoms with Gasteiger partial charge in [-0.15, -0.1) is 0 Å². The van der Waals surface area contributed by atoms with Crippen molar-refractivity contribution in [3.63, 3.8) is 0 Å². The highest BCUT2D eigenvalue weighted by atomic mass is 16.6. The number of carbonyl (C=O) groups is 3. The molecule has 0 aliphatic heterocycles. The van der Waals surface area contributed by atoms with E-state index in [1.807, 2.05) is 109 Å². The van der Waals surface area contributed by atoms with Gasteiger partial charge in [-0.1, -0.05) is 62.4 Å². The van der Waals surface area contributed by atoms with Gasteiger partial charge >= 0.3 is 6.09 Å². The summed E-state index contributed by atoms with van der Waals surface area (Å²) >= 11 is 0. The highest BCUT2D eigenvalue weighted by Gasteiger charge is 2.43. The zero-order valence-corrected chi connectivity index (χ0v) is 26.1. The molecule has 0 aliphatic rings. The average Bonchev–Trinajstić information content (AvgIpc) is 2.84. The van der Waals surface area contributed by atoms with Crippen LogP contribution in [0, 0.1) is 19.8 Å². The zero-order valence-electron chi connectivity index (χ0n) is 26.1. The lowest BCUT2D eigenvalue weighted by Gasteiger charge is -2.44. The molecule has 0 saturated heterocycles. The molecule has 7 heteroatoms. The Morgan fingerprint density at radius 1 is 0.805 bits per heavy atom. The molecule has 0 aliphatic carbocycles. The summed E-state index contributed by atoms with van der Waals surface area (Å²) in [4.78, 5) is 43.2. The third-order valence-corrected chi connectivity index (χ3v) is 6.90. The number of anilines is 1. The van der Waals surface area contributed by atoms with Gasteiger partial charge in [-0.25, -0.2) is 4.79 Å². The minimum absolute atomic E-state index is 0.262. The fraction of sp³-hybridized carbons (Fsp3) is 0.441. The first-order chi connectivity index (χ1) is 19.0. The number of ether oxygens (including phenoxy) is 1. The number of fused-ring (bicyclic) bond motifs is 1. The van der Waals surface area contributed by atoms with Crippen molar-refractivity contribution in [3.8, 4) is 0 Å². The quantitative estimate of drug-likeness (QED) is 0.318. The predicted octanol–water partition coefficient (Wildman–Crippen LogP) is 7.31. The van der Waals surface area contributed by atoms with Crippen LogP contribution in [0.5, 0.6) is 0 Å². The largest absolute Gasteiger partial charge is 0.444 e. The normalized spacial score (nSPS) is 13.4. The monoisotopic (exact) mass is 559 g/mol. The zero-order chi connectivity index (χ0) is 30.7. The number of aryl methyl sites for hydroxylation is 2. The lowest BCUT2D eigenvalue weighted by atomic mass is 9.89. The molecule has 2 N–H and O–H groups in total. The van der Waals surface area contributed by atoms with Gasteiger partial charge in [0.1, 0.15) is 17.7 Å². The van der Waals surface area contributed by atoms with E-state index in [-0.39, 0.29) is 17.7 Å². The van der Waals surface area contributed by atoms with Crippen LogP contribution < -0.4 is 10.6 Å². The summed E-state index contributed by atoms with van der Waals surface area (Å²) in [7, 11) is 0. The molecule has 2 atom stereocenters. The molecule has 0 heterocycles. The Balaban J connectivity index is 2.12. The summed E-state index contributed by atoms with van der Waals surface area (Å²) in [5.74, 6) is -0.956. The predicted molar refractivity (Wildman–Crippen MR) is 166 cm³/mol. The third-order valence-electron chi connectivity index (χ3n) is 6.90. The lowest BCUT2D eigenvalue weighted by Crippen LogP contribution is -2.59. The molecule has 0 bridgehead atoms. The van der Waals surface area contributed by atoms with Crippen molar-refractivity contribution in [2.45, 2.75) is 92.5 Å². The summed E-state index contributed by atoms with van der Waals surface area (Å²) in [6.45, 7) is 18.6. The van der Waals surface area contributed by atoms with E-state index in [0.29, 0.717) is 5.69 Å². The van der Waals surface area contributed by atoms with Crippen LogP contribution in [-0.4, -0.2) is 40.0 Å². The highest BCUT2D eigenvalue weighted by molar-refractivity contribution is 6.01. The van der Waals surface area contributed by atoms with E-state index in [1.54, 1.807) is 25.7 Å². The first-order valence-corrected chi connectivity index (χ1v) is 14.2. The number of rotatable bonds is 7. The minimum atomic E-state index is -0.961. The maximum atomic E-state index is 14.5. The van der Waals surface area contributed by atoms with Gasteiger partial charge in [-0.3, -0.25) is 9.59 Å². The van der Waals surface area contributed by atoms with Crippen LogP contribution in [0.15, 0.2) is 60.7 Å². The standard InChI is InChI=1S/C34H45N3O4/c1-21(2)28(36-32(40)41-34(8,9)10)31(39)37(33(5,6)7)29(27-22(3)14-13-15-23(27)4)30(38)35-26-19-18-24-16-11-12-17-25(24)20-26/h11-21,28-29H,1-10H3,(H,35,38)(H,36,40). The molecule has 0 aromatic heterocycles. The maximum absolute atomic E-state index is 14.5. The van der Waals surface area contributed by atoms with Gasteiger partial charge in [0.15, 0.2) is 0 Å². The van der Waals surface area contributed by atoms with E-state index in [2.05, 4.69) is 10.6 Å². The number of carbonyl (C=O) groups excluding carboxylic acids is 3. The molecule has 0 fully saturated rings. The Bertz CT molecular complexity index is 1400. The van der Waals surface area contributed by atoms with Crippen LogP contribution in [0.25, 0.3) is 10.8 Å². The van der Waals surface area contributed by atoms with E-state index in [1.165, 1.54) is 0 Å². The Labute approximate surface area is 244 Å². The molecule has 7 nitrogen and oxygen atoms in total. The fourth-order valence-electron chi connectivity index (χ4n) is 5.06. The van der Waals surface area contributed by atoms with Crippen LogP contribution in [-0.2, 0) is 14.3 Å². The summed E-state index contributed by atoms with van der Waals surface area (Å²) < 4.78 is 5.48. The Kier molecular flexibility index (Phi) is 9.52. The van der Waals surface area contributed by atoms with Gasteiger partial charge in [0, 0.05) is 11.2 Å². The number of hydrogen-bond acceptors (Lipinski definition) is 4. The van der Waals surface area contributed by atoms with E-state index >= 15 is 0 Å². The number of nitrogens with zero attached hydrogens (tertiary/aromatic N) is 1. The summed E-state index contributed by atoms with van der Waals surface area (Å²) in [6, 6.07) is 17.7. The molecule has 3 aromatic carbocycles. The van der Waals surface area contributed by atoms with Gasteiger partial charge < -0.3 is 20.3 Å². The van der Waals surface area contributed by atoms with Gasteiger partial charge in [-0.05, 0) is 101 Å². The SMILES string of the molecule is Cc1cccc(C)c1C(C(=O)Nc1ccc2ccccc2c1)N(C(=O)C(NC(=O)OC(C)(C)C)C(C)C)C(C)(C)C. The molecule has 3 aromatic rings. The van der Waals surface area contributed by atoms with Gasteiger partial charge in [0.05, 0.1) is 0 Å². The number of nitrogens with one attached hydrogen (secondary N) is 2. The Hall–Kier alpha value is -3.87. The van der Waals surface area contributed by atoms with Crippen LogP contribution in [0.3, 0.4) is 0 Å². The second kappa shape index (κ2) is 12.3. The van der Waals surface area contributed by atoms with Crippen molar-refractivity contribution in [1.82, 2.24) is 10.2 Å². The molecule has 3 rings (SSSR count). The molecule has 2 unspecified atom stereocenters. The average molecular weight is 560 g/mol. The fourth-order valence-corrected chi connectivity index (χ4v) is 5.06. The minimum Gasteiger partial charge on any atom is -0.444 e. The smallest absolute Gasteiger partial charge is 0.408 e. The molecule has 0 radical (unpaired) electrons. The van der Waals surface area contributed by atoms with Gasteiger partial charge in [0.25, 0.3) is 5.91 Å². The molecular weight excluding hydrogens is 514 g/mol. The molecule has 0 spiro atoms. The van der Waals surface area contributed by atoms with E-state index < -0.39 is 29.3 Å². The molecular formula is C34H45N3O4. The van der Waals surface area contributed by atoms with Crippen molar-refractivity contribution in [1.29, 1.82) is 0 Å². The second-order valence-corrected chi connectivity index (χ2v) is 13.0. The number of amides is 3. The second-order valence-electron chi connectivity index (χ2n) is 13.0. The van der Waals surface area contributed by atoms with Crippen LogP contribution in [0.1, 0.15) is 78.1 Å². The summed E-state index contributed by atoms with van der Waals surface area (Å²) in [6.07, 6.45) is -0.678. The van der Waals surface area contributed by atoms with Crippen LogP contribution >= 0.6 is 0 Å². The van der Waals surface area contributed by atoms with E-state index in [4.69, 9.17) is 4.74 Å². The first-order valence-electron chi connectivity index (χ1n) is 14.2. The highest BCUT2D eigenvalue weighted by Crippen LogP contribution is 2.35. The van der Waals surface area contributed by atoms with Crippen LogP contribution in [0.2, 0.25) is 0 Å². The molecule has 0 saturated carbocycles. The van der Waals surface area contributed by atoms with E-state index in [9.17, 15) is 14.4 Å². The van der Waals surface area contributed by atoms with Crippen LogP contribution in [0.4, 0.5) is 10.5 Å². The Morgan fingerprint density at radius 2 is 1.39 bits per heavy atom. The Morgan fingerprint density at radius 3 is 1.93 bits per heavy atom. The van der Waals surface area contributed by atoms with E-state index in [0.717, 1.165) is 27.5 Å². The molecule has 3 amide bonds. The number of alkyl carbamates (subject to hydrolysis) is 1. The first kappa shape index (κ1) is 31.7. The molecule has 220 valence electrons. The lowest BCUT2D eigenvalue weighted by molar-refractivity contribution is -0.147. The summed E-state index contributed by atoms with van der Waals surface area (Å²) in [5.41, 5.74) is 1.69. The number of hydrogen-bond donors (Lipinski definition) is 2. The van der Waals surface area contributed by atoms with Crippen molar-refractivity contribution in [3.05, 3.63) is 77.4 Å². The number of benzene rings is 3. The maximum Gasteiger partial charge on any atom is 0.408 e.